The first-order valence-corrected chi connectivity index (χ1v) is 6.64. The van der Waals surface area contributed by atoms with Crippen molar-refractivity contribution in [1.82, 2.24) is 5.43 Å². The summed E-state index contributed by atoms with van der Waals surface area (Å²) in [7, 11) is 0. The van der Waals surface area contributed by atoms with Crippen LogP contribution in [0, 0.1) is 12.8 Å². The van der Waals surface area contributed by atoms with Crippen molar-refractivity contribution in [3.63, 3.8) is 0 Å². The summed E-state index contributed by atoms with van der Waals surface area (Å²) in [6.45, 7) is 6.53. The average Bonchev–Trinajstić information content (AvgIpc) is 2.24. The van der Waals surface area contributed by atoms with Crippen molar-refractivity contribution in [1.29, 1.82) is 0 Å². The number of nitrogens with one attached hydrogen (secondary N) is 1. The maximum absolute atomic E-state index is 5.69. The molecule has 0 saturated heterocycles. The number of hydrogen-bond donors (Lipinski definition) is 2. The number of nitrogens with two attached hydrogens (primary N) is 1. The van der Waals surface area contributed by atoms with Gasteiger partial charge in [0.1, 0.15) is 0 Å². The number of benzene rings is 1. The zero-order valence-corrected chi connectivity index (χ0v) is 11.8. The normalized spacial score (nSPS) is 13.1. The molecule has 2 nitrogen and oxygen atoms in total. The van der Waals surface area contributed by atoms with E-state index in [1.165, 1.54) is 11.1 Å². The van der Waals surface area contributed by atoms with Crippen LogP contribution in [0.1, 0.15) is 43.9 Å². The van der Waals surface area contributed by atoms with Gasteiger partial charge in [0.2, 0.25) is 0 Å². The van der Waals surface area contributed by atoms with Gasteiger partial charge in [0.25, 0.3) is 0 Å². The smallest absolute Gasteiger partial charge is 0.0488 e. The minimum Gasteiger partial charge on any atom is -0.271 e. The van der Waals surface area contributed by atoms with Crippen LogP contribution < -0.4 is 11.3 Å². The monoisotopic (exact) mass is 284 g/mol. The molecule has 0 spiro atoms. The first-order valence-electron chi connectivity index (χ1n) is 5.85. The number of halogens is 1. The predicted octanol–water partition coefficient (Wildman–Crippen LogP) is 3.70. The molecule has 0 radical (unpaired) electrons. The first kappa shape index (κ1) is 13.7. The van der Waals surface area contributed by atoms with Gasteiger partial charge in [-0.05, 0) is 36.1 Å². The van der Waals surface area contributed by atoms with E-state index >= 15 is 0 Å². The Kier molecular flexibility index (Phi) is 5.46. The summed E-state index contributed by atoms with van der Waals surface area (Å²) in [6, 6.07) is 6.71. The highest BCUT2D eigenvalue weighted by Crippen LogP contribution is 2.29. The quantitative estimate of drug-likeness (QED) is 0.639. The van der Waals surface area contributed by atoms with E-state index < -0.39 is 0 Å². The standard InChI is InChI=1S/C13H21BrN2/c1-4-10(5-2)13(16-15)11-6-9(3)7-12(14)8-11/h6-8,10,13,16H,4-5,15H2,1-3H3. The highest BCUT2D eigenvalue weighted by atomic mass is 79.9. The molecule has 3 heteroatoms. The number of rotatable bonds is 5. The van der Waals surface area contributed by atoms with Crippen molar-refractivity contribution in [3.8, 4) is 0 Å². The molecule has 1 aromatic rings. The molecule has 0 fully saturated rings. The van der Waals surface area contributed by atoms with Gasteiger partial charge in [-0.25, -0.2) is 0 Å². The van der Waals surface area contributed by atoms with Crippen molar-refractivity contribution in [2.24, 2.45) is 11.8 Å². The largest absolute Gasteiger partial charge is 0.271 e. The summed E-state index contributed by atoms with van der Waals surface area (Å²) in [5, 5.41) is 0. The second-order valence-corrected chi connectivity index (χ2v) is 5.20. The van der Waals surface area contributed by atoms with Gasteiger partial charge in [0, 0.05) is 10.5 Å². The maximum atomic E-state index is 5.69. The molecule has 1 atom stereocenters. The molecule has 90 valence electrons. The third-order valence-electron chi connectivity index (χ3n) is 3.12. The molecule has 1 aromatic carbocycles. The maximum Gasteiger partial charge on any atom is 0.0488 e. The Morgan fingerprint density at radius 3 is 2.31 bits per heavy atom. The summed E-state index contributed by atoms with van der Waals surface area (Å²) >= 11 is 3.53. The van der Waals surface area contributed by atoms with Crippen molar-refractivity contribution in [2.45, 2.75) is 39.7 Å². The molecule has 0 aliphatic heterocycles. The van der Waals surface area contributed by atoms with Crippen molar-refractivity contribution < 1.29 is 0 Å². The fourth-order valence-electron chi connectivity index (χ4n) is 2.21. The van der Waals surface area contributed by atoms with E-state index in [9.17, 15) is 0 Å². The molecule has 0 amide bonds. The van der Waals surface area contributed by atoms with Crippen LogP contribution in [0.15, 0.2) is 22.7 Å². The zero-order valence-electron chi connectivity index (χ0n) is 10.3. The lowest BCUT2D eigenvalue weighted by Crippen LogP contribution is -2.33. The second kappa shape index (κ2) is 6.38. The highest BCUT2D eigenvalue weighted by Gasteiger charge is 2.19. The molecule has 0 saturated carbocycles. The van der Waals surface area contributed by atoms with Crippen LogP contribution >= 0.6 is 15.9 Å². The molecular formula is C13H21BrN2. The van der Waals surface area contributed by atoms with Crippen LogP contribution in [-0.2, 0) is 0 Å². The molecule has 16 heavy (non-hydrogen) atoms. The summed E-state index contributed by atoms with van der Waals surface area (Å²) < 4.78 is 1.12. The Hall–Kier alpha value is -0.380. The van der Waals surface area contributed by atoms with E-state index in [1.807, 2.05) is 0 Å². The van der Waals surface area contributed by atoms with E-state index in [0.717, 1.165) is 17.3 Å². The Labute approximate surface area is 107 Å². The van der Waals surface area contributed by atoms with Gasteiger partial charge >= 0.3 is 0 Å². The van der Waals surface area contributed by atoms with Crippen molar-refractivity contribution in [3.05, 3.63) is 33.8 Å². The van der Waals surface area contributed by atoms with E-state index in [0.29, 0.717) is 5.92 Å². The third-order valence-corrected chi connectivity index (χ3v) is 3.58. The topological polar surface area (TPSA) is 38.0 Å². The number of aryl methyl sites for hydroxylation is 1. The van der Waals surface area contributed by atoms with Crippen LogP contribution in [0.4, 0.5) is 0 Å². The van der Waals surface area contributed by atoms with Gasteiger partial charge in [-0.1, -0.05) is 48.7 Å². The Morgan fingerprint density at radius 2 is 1.88 bits per heavy atom. The molecule has 0 heterocycles. The Balaban J connectivity index is 3.02. The van der Waals surface area contributed by atoms with Gasteiger partial charge in [-0.15, -0.1) is 0 Å². The van der Waals surface area contributed by atoms with Gasteiger partial charge in [-0.2, -0.15) is 0 Å². The molecular weight excluding hydrogens is 264 g/mol. The molecule has 1 unspecified atom stereocenters. The Bertz CT molecular complexity index is 314. The van der Waals surface area contributed by atoms with E-state index in [-0.39, 0.29) is 6.04 Å². The number of hydrogen-bond acceptors (Lipinski definition) is 2. The fourth-order valence-corrected chi connectivity index (χ4v) is 2.83. The summed E-state index contributed by atoms with van der Waals surface area (Å²) in [5.41, 5.74) is 5.48. The lowest BCUT2D eigenvalue weighted by Gasteiger charge is -2.25. The van der Waals surface area contributed by atoms with E-state index in [2.05, 4.69) is 60.3 Å². The van der Waals surface area contributed by atoms with Gasteiger partial charge < -0.3 is 0 Å². The lowest BCUT2D eigenvalue weighted by molar-refractivity contribution is 0.345. The van der Waals surface area contributed by atoms with Crippen molar-refractivity contribution >= 4 is 15.9 Å². The Morgan fingerprint density at radius 1 is 1.25 bits per heavy atom. The van der Waals surface area contributed by atoms with E-state index in [1.54, 1.807) is 0 Å². The molecule has 0 bridgehead atoms. The van der Waals surface area contributed by atoms with Crippen LogP contribution in [0.25, 0.3) is 0 Å². The van der Waals surface area contributed by atoms with Crippen LogP contribution in [-0.4, -0.2) is 0 Å². The highest BCUT2D eigenvalue weighted by molar-refractivity contribution is 9.10. The first-order chi connectivity index (χ1) is 7.62. The molecule has 0 aromatic heterocycles. The van der Waals surface area contributed by atoms with Gasteiger partial charge in [0.15, 0.2) is 0 Å². The third kappa shape index (κ3) is 3.30. The molecule has 3 N–H and O–H groups in total. The zero-order chi connectivity index (χ0) is 12.1. The van der Waals surface area contributed by atoms with Gasteiger partial charge in [-0.3, -0.25) is 11.3 Å². The van der Waals surface area contributed by atoms with Crippen LogP contribution in [0.5, 0.6) is 0 Å². The summed E-state index contributed by atoms with van der Waals surface area (Å²) in [6.07, 6.45) is 2.27. The molecule has 0 aliphatic rings. The van der Waals surface area contributed by atoms with Crippen molar-refractivity contribution in [2.75, 3.05) is 0 Å². The minimum atomic E-state index is 0.242. The van der Waals surface area contributed by atoms with Gasteiger partial charge in [0.05, 0.1) is 0 Å². The van der Waals surface area contributed by atoms with Crippen LogP contribution in [0.2, 0.25) is 0 Å². The molecule has 1 rings (SSSR count). The number of hydrazine groups is 1. The SMILES string of the molecule is CCC(CC)C(NN)c1cc(C)cc(Br)c1. The van der Waals surface area contributed by atoms with E-state index in [4.69, 9.17) is 5.84 Å². The molecule has 0 aliphatic carbocycles. The summed E-state index contributed by atoms with van der Waals surface area (Å²) in [5.74, 6) is 6.27. The second-order valence-electron chi connectivity index (χ2n) is 4.28. The fraction of sp³-hybridized carbons (Fsp3) is 0.538. The summed E-state index contributed by atoms with van der Waals surface area (Å²) in [4.78, 5) is 0. The van der Waals surface area contributed by atoms with Crippen LogP contribution in [0.3, 0.4) is 0 Å². The predicted molar refractivity (Wildman–Crippen MR) is 73.0 cm³/mol. The average molecular weight is 285 g/mol. The minimum absolute atomic E-state index is 0.242. The lowest BCUT2D eigenvalue weighted by atomic mass is 9.89.